The number of aromatic nitrogens is 3. The van der Waals surface area contributed by atoms with Crippen LogP contribution in [-0.4, -0.2) is 22.1 Å². The molecule has 5 nitrogen and oxygen atoms in total. The normalized spacial score (nSPS) is 10.4. The highest BCUT2D eigenvalue weighted by Gasteiger charge is 2.09. The Morgan fingerprint density at radius 3 is 2.83 bits per heavy atom. The molecule has 0 spiro atoms. The molecule has 0 saturated carbocycles. The monoisotopic (exact) mass is 310 g/mol. The molecule has 0 unspecified atom stereocenters. The van der Waals surface area contributed by atoms with E-state index in [0.29, 0.717) is 6.54 Å². The lowest BCUT2D eigenvalue weighted by Gasteiger charge is -2.14. The topological polar surface area (TPSA) is 52.0 Å². The van der Waals surface area contributed by atoms with Crippen molar-refractivity contribution in [2.24, 2.45) is 7.05 Å². The molecule has 2 rings (SSSR count). The SMILES string of the molecule is COc1cc(Br)cc(C)c1NCc1cnnn1C. The van der Waals surface area contributed by atoms with Crippen LogP contribution in [0.2, 0.25) is 0 Å². The maximum atomic E-state index is 5.38. The Bertz CT molecular complexity index is 553. The van der Waals surface area contributed by atoms with E-state index in [1.54, 1.807) is 18.0 Å². The summed E-state index contributed by atoms with van der Waals surface area (Å²) in [5.74, 6) is 0.817. The first-order valence-electron chi connectivity index (χ1n) is 5.53. The average molecular weight is 311 g/mol. The Hall–Kier alpha value is -1.56. The fourth-order valence-electron chi connectivity index (χ4n) is 1.75. The van der Waals surface area contributed by atoms with Crippen LogP contribution in [0.25, 0.3) is 0 Å². The van der Waals surface area contributed by atoms with Gasteiger partial charge in [-0.25, -0.2) is 0 Å². The summed E-state index contributed by atoms with van der Waals surface area (Å²) >= 11 is 3.46. The molecule has 6 heteroatoms. The smallest absolute Gasteiger partial charge is 0.143 e. The van der Waals surface area contributed by atoms with Gasteiger partial charge in [0.15, 0.2) is 0 Å². The first-order valence-corrected chi connectivity index (χ1v) is 6.32. The van der Waals surface area contributed by atoms with E-state index in [-0.39, 0.29) is 0 Å². The predicted molar refractivity (Wildman–Crippen MR) is 73.8 cm³/mol. The number of aryl methyl sites for hydroxylation is 2. The predicted octanol–water partition coefficient (Wildman–Crippen LogP) is 2.51. The lowest BCUT2D eigenvalue weighted by molar-refractivity contribution is 0.416. The van der Waals surface area contributed by atoms with Crippen molar-refractivity contribution < 1.29 is 4.74 Å². The zero-order valence-electron chi connectivity index (χ0n) is 10.6. The maximum Gasteiger partial charge on any atom is 0.143 e. The van der Waals surface area contributed by atoms with Crippen molar-refractivity contribution in [1.29, 1.82) is 0 Å². The van der Waals surface area contributed by atoms with Crippen molar-refractivity contribution in [3.05, 3.63) is 34.1 Å². The Labute approximate surface area is 114 Å². The molecular weight excluding hydrogens is 296 g/mol. The third-order valence-electron chi connectivity index (χ3n) is 2.74. The first-order chi connectivity index (χ1) is 8.61. The molecule has 1 N–H and O–H groups in total. The number of halogens is 1. The molecule has 0 atom stereocenters. The molecule has 18 heavy (non-hydrogen) atoms. The second-order valence-corrected chi connectivity index (χ2v) is 4.92. The lowest BCUT2D eigenvalue weighted by atomic mass is 10.2. The number of nitrogens with one attached hydrogen (secondary N) is 1. The minimum absolute atomic E-state index is 0.655. The Morgan fingerprint density at radius 1 is 1.44 bits per heavy atom. The zero-order valence-corrected chi connectivity index (χ0v) is 12.2. The van der Waals surface area contributed by atoms with Crippen molar-refractivity contribution >= 4 is 21.6 Å². The summed E-state index contributed by atoms with van der Waals surface area (Å²) < 4.78 is 8.12. The number of rotatable bonds is 4. The van der Waals surface area contributed by atoms with Gasteiger partial charge in [-0.15, -0.1) is 5.10 Å². The molecule has 1 aromatic carbocycles. The summed E-state index contributed by atoms with van der Waals surface area (Å²) in [6.07, 6.45) is 1.74. The molecule has 0 aliphatic rings. The number of ether oxygens (including phenoxy) is 1. The van der Waals surface area contributed by atoms with Gasteiger partial charge >= 0.3 is 0 Å². The minimum Gasteiger partial charge on any atom is -0.495 e. The van der Waals surface area contributed by atoms with Crippen LogP contribution in [0.5, 0.6) is 5.75 Å². The fourth-order valence-corrected chi connectivity index (χ4v) is 2.30. The van der Waals surface area contributed by atoms with Crippen LogP contribution in [0, 0.1) is 6.92 Å². The van der Waals surface area contributed by atoms with Gasteiger partial charge in [0.2, 0.25) is 0 Å². The van der Waals surface area contributed by atoms with Crippen LogP contribution < -0.4 is 10.1 Å². The van der Waals surface area contributed by atoms with Crippen LogP contribution in [0.4, 0.5) is 5.69 Å². The summed E-state index contributed by atoms with van der Waals surface area (Å²) in [5, 5.41) is 11.1. The number of methoxy groups -OCH3 is 1. The van der Waals surface area contributed by atoms with E-state index in [1.807, 2.05) is 26.1 Å². The quantitative estimate of drug-likeness (QED) is 0.942. The van der Waals surface area contributed by atoms with Gasteiger partial charge in [0.1, 0.15) is 5.75 Å². The van der Waals surface area contributed by atoms with Gasteiger partial charge in [-0.3, -0.25) is 4.68 Å². The number of anilines is 1. The number of benzene rings is 1. The molecule has 0 aliphatic heterocycles. The molecule has 0 radical (unpaired) electrons. The van der Waals surface area contributed by atoms with Crippen LogP contribution in [0.3, 0.4) is 0 Å². The number of hydrogen-bond donors (Lipinski definition) is 1. The molecular formula is C12H15BrN4O. The van der Waals surface area contributed by atoms with Gasteiger partial charge in [0, 0.05) is 11.5 Å². The Morgan fingerprint density at radius 2 is 2.22 bits per heavy atom. The summed E-state index contributed by atoms with van der Waals surface area (Å²) in [5.41, 5.74) is 3.12. The van der Waals surface area contributed by atoms with Gasteiger partial charge in [0.05, 0.1) is 31.2 Å². The standard InChI is InChI=1S/C12H15BrN4O/c1-8-4-9(13)5-11(18-3)12(8)14-6-10-7-15-16-17(10)2/h4-5,7,14H,6H2,1-3H3. The molecule has 1 aromatic heterocycles. The lowest BCUT2D eigenvalue weighted by Crippen LogP contribution is -2.07. The van der Waals surface area contributed by atoms with Gasteiger partial charge in [-0.1, -0.05) is 21.1 Å². The largest absolute Gasteiger partial charge is 0.495 e. The van der Waals surface area contributed by atoms with Crippen molar-refractivity contribution in [3.8, 4) is 5.75 Å². The molecule has 2 aromatic rings. The Kier molecular flexibility index (Phi) is 3.86. The summed E-state index contributed by atoms with van der Waals surface area (Å²) in [4.78, 5) is 0. The van der Waals surface area contributed by atoms with Crippen molar-refractivity contribution in [1.82, 2.24) is 15.0 Å². The van der Waals surface area contributed by atoms with E-state index in [0.717, 1.165) is 27.2 Å². The highest BCUT2D eigenvalue weighted by molar-refractivity contribution is 9.10. The van der Waals surface area contributed by atoms with Crippen molar-refractivity contribution in [2.45, 2.75) is 13.5 Å². The molecule has 0 amide bonds. The molecule has 0 aliphatic carbocycles. The van der Waals surface area contributed by atoms with E-state index in [9.17, 15) is 0 Å². The fraction of sp³-hybridized carbons (Fsp3) is 0.333. The summed E-state index contributed by atoms with van der Waals surface area (Å²) in [6, 6.07) is 3.99. The highest BCUT2D eigenvalue weighted by atomic mass is 79.9. The van der Waals surface area contributed by atoms with E-state index in [4.69, 9.17) is 4.74 Å². The van der Waals surface area contributed by atoms with Crippen molar-refractivity contribution in [3.63, 3.8) is 0 Å². The molecule has 1 heterocycles. The second kappa shape index (κ2) is 5.39. The third kappa shape index (κ3) is 2.64. The van der Waals surface area contributed by atoms with E-state index >= 15 is 0 Å². The van der Waals surface area contributed by atoms with Crippen LogP contribution in [0.15, 0.2) is 22.8 Å². The van der Waals surface area contributed by atoms with Crippen LogP contribution in [0.1, 0.15) is 11.3 Å². The molecule has 0 saturated heterocycles. The third-order valence-corrected chi connectivity index (χ3v) is 3.20. The molecule has 96 valence electrons. The van der Waals surface area contributed by atoms with Gasteiger partial charge < -0.3 is 10.1 Å². The van der Waals surface area contributed by atoms with Crippen LogP contribution in [-0.2, 0) is 13.6 Å². The van der Waals surface area contributed by atoms with E-state index in [1.165, 1.54) is 0 Å². The van der Waals surface area contributed by atoms with E-state index in [2.05, 4.69) is 31.6 Å². The average Bonchev–Trinajstić information content (AvgIpc) is 2.73. The number of nitrogens with zero attached hydrogens (tertiary/aromatic N) is 3. The van der Waals surface area contributed by atoms with Gasteiger partial charge in [-0.05, 0) is 24.6 Å². The minimum atomic E-state index is 0.655. The zero-order chi connectivity index (χ0) is 13.1. The van der Waals surface area contributed by atoms with Crippen LogP contribution >= 0.6 is 15.9 Å². The van der Waals surface area contributed by atoms with E-state index < -0.39 is 0 Å². The summed E-state index contributed by atoms with van der Waals surface area (Å²) in [6.45, 7) is 2.69. The Balaban J connectivity index is 2.21. The maximum absolute atomic E-state index is 5.38. The second-order valence-electron chi connectivity index (χ2n) is 4.00. The molecule has 0 bridgehead atoms. The molecule has 0 fully saturated rings. The summed E-state index contributed by atoms with van der Waals surface area (Å²) in [7, 11) is 3.54. The first kappa shape index (κ1) is 12.9. The van der Waals surface area contributed by atoms with Gasteiger partial charge in [0.25, 0.3) is 0 Å². The number of hydrogen-bond acceptors (Lipinski definition) is 4. The highest BCUT2D eigenvalue weighted by Crippen LogP contribution is 2.32. The van der Waals surface area contributed by atoms with Crippen molar-refractivity contribution in [2.75, 3.05) is 12.4 Å². The van der Waals surface area contributed by atoms with Gasteiger partial charge in [-0.2, -0.15) is 0 Å².